The summed E-state index contributed by atoms with van der Waals surface area (Å²) in [5.41, 5.74) is 1.50. The fourth-order valence-electron chi connectivity index (χ4n) is 1.85. The second-order valence-corrected chi connectivity index (χ2v) is 6.83. The van der Waals surface area contributed by atoms with E-state index >= 15 is 0 Å². The number of rotatable bonds is 8. The summed E-state index contributed by atoms with van der Waals surface area (Å²) in [5.74, 6) is 0.552. The van der Waals surface area contributed by atoms with Crippen LogP contribution in [0.25, 0.3) is 0 Å². The standard InChI is InChI=1S/C13H17ClN4O2S/c14-6-1-2-7-21(19,20)17-13-5-3-4-12(8-13)9-18-11-15-10-16-18/h3-5,8,10-11,17H,1-2,6-7,9H2. The highest BCUT2D eigenvalue weighted by atomic mass is 35.5. The molecule has 0 aliphatic heterocycles. The number of anilines is 1. The number of hydrogen-bond acceptors (Lipinski definition) is 4. The molecule has 1 heterocycles. The van der Waals surface area contributed by atoms with Gasteiger partial charge in [0.15, 0.2) is 0 Å². The van der Waals surface area contributed by atoms with E-state index in [4.69, 9.17) is 11.6 Å². The molecule has 0 spiro atoms. The third-order valence-electron chi connectivity index (χ3n) is 2.81. The average molecular weight is 329 g/mol. The molecule has 0 bridgehead atoms. The molecule has 0 saturated carbocycles. The van der Waals surface area contributed by atoms with Crippen LogP contribution in [0.2, 0.25) is 0 Å². The van der Waals surface area contributed by atoms with Gasteiger partial charge in [-0.1, -0.05) is 12.1 Å². The number of hydrogen-bond donors (Lipinski definition) is 1. The summed E-state index contributed by atoms with van der Waals surface area (Å²) >= 11 is 5.55. The van der Waals surface area contributed by atoms with Gasteiger partial charge in [0.1, 0.15) is 12.7 Å². The van der Waals surface area contributed by atoms with E-state index in [2.05, 4.69) is 14.8 Å². The molecule has 0 atom stereocenters. The Morgan fingerprint density at radius 3 is 2.86 bits per heavy atom. The van der Waals surface area contributed by atoms with Gasteiger partial charge in [-0.25, -0.2) is 18.1 Å². The van der Waals surface area contributed by atoms with E-state index in [0.717, 1.165) is 5.56 Å². The Kier molecular flexibility index (Phi) is 5.58. The van der Waals surface area contributed by atoms with Crippen molar-refractivity contribution < 1.29 is 8.42 Å². The van der Waals surface area contributed by atoms with Gasteiger partial charge in [-0.05, 0) is 30.5 Å². The molecule has 2 aromatic rings. The van der Waals surface area contributed by atoms with Gasteiger partial charge in [0.25, 0.3) is 0 Å². The number of halogens is 1. The summed E-state index contributed by atoms with van der Waals surface area (Å²) < 4.78 is 28.1. The van der Waals surface area contributed by atoms with Crippen molar-refractivity contribution in [1.82, 2.24) is 14.8 Å². The molecule has 0 fully saturated rings. The summed E-state index contributed by atoms with van der Waals surface area (Å²) in [5, 5.41) is 4.02. The fourth-order valence-corrected chi connectivity index (χ4v) is 3.21. The van der Waals surface area contributed by atoms with E-state index < -0.39 is 10.0 Å². The van der Waals surface area contributed by atoms with Crippen LogP contribution in [0.15, 0.2) is 36.9 Å². The van der Waals surface area contributed by atoms with Crippen molar-refractivity contribution in [1.29, 1.82) is 0 Å². The lowest BCUT2D eigenvalue weighted by Crippen LogP contribution is -2.17. The Hall–Kier alpha value is -1.60. The third kappa shape index (κ3) is 5.35. The van der Waals surface area contributed by atoms with E-state index in [9.17, 15) is 8.42 Å². The second-order valence-electron chi connectivity index (χ2n) is 4.61. The summed E-state index contributed by atoms with van der Waals surface area (Å²) in [6.07, 6.45) is 4.32. The van der Waals surface area contributed by atoms with E-state index in [1.165, 1.54) is 6.33 Å². The molecule has 0 radical (unpaired) electrons. The SMILES string of the molecule is O=S(=O)(CCCCCl)Nc1cccc(Cn2cncn2)c1. The first-order valence-electron chi connectivity index (χ1n) is 6.57. The molecular formula is C13H17ClN4O2S. The van der Waals surface area contributed by atoms with Crippen molar-refractivity contribution in [2.24, 2.45) is 0 Å². The van der Waals surface area contributed by atoms with Gasteiger partial charge in [-0.15, -0.1) is 11.6 Å². The number of nitrogens with zero attached hydrogens (tertiary/aromatic N) is 3. The monoisotopic (exact) mass is 328 g/mol. The van der Waals surface area contributed by atoms with Gasteiger partial charge in [0.2, 0.25) is 10.0 Å². The number of nitrogens with one attached hydrogen (secondary N) is 1. The predicted octanol–water partition coefficient (Wildman–Crippen LogP) is 2.09. The number of benzene rings is 1. The van der Waals surface area contributed by atoms with Crippen molar-refractivity contribution >= 4 is 27.3 Å². The Bertz CT molecular complexity index is 659. The van der Waals surface area contributed by atoms with Crippen LogP contribution in [0.5, 0.6) is 0 Å². The van der Waals surface area contributed by atoms with Crippen molar-refractivity contribution in [3.8, 4) is 0 Å². The Labute approximate surface area is 129 Å². The molecule has 8 heteroatoms. The van der Waals surface area contributed by atoms with Crippen LogP contribution in [-0.4, -0.2) is 34.8 Å². The minimum Gasteiger partial charge on any atom is -0.284 e. The van der Waals surface area contributed by atoms with Gasteiger partial charge in [-0.3, -0.25) is 4.72 Å². The average Bonchev–Trinajstić information content (AvgIpc) is 2.91. The Morgan fingerprint density at radius 2 is 2.14 bits per heavy atom. The Balaban J connectivity index is 2.00. The normalized spacial score (nSPS) is 11.5. The lowest BCUT2D eigenvalue weighted by Gasteiger charge is -2.09. The summed E-state index contributed by atoms with van der Waals surface area (Å²) in [6, 6.07) is 7.24. The van der Waals surface area contributed by atoms with E-state index in [1.807, 2.05) is 12.1 Å². The minimum absolute atomic E-state index is 0.0764. The first-order valence-corrected chi connectivity index (χ1v) is 8.75. The summed E-state index contributed by atoms with van der Waals surface area (Å²) in [7, 11) is -3.33. The van der Waals surface area contributed by atoms with Crippen molar-refractivity contribution in [2.75, 3.05) is 16.4 Å². The van der Waals surface area contributed by atoms with Crippen LogP contribution >= 0.6 is 11.6 Å². The molecule has 1 aromatic carbocycles. The van der Waals surface area contributed by atoms with Crippen LogP contribution in [0, 0.1) is 0 Å². The Morgan fingerprint density at radius 1 is 1.29 bits per heavy atom. The predicted molar refractivity (Wildman–Crippen MR) is 82.9 cm³/mol. The highest BCUT2D eigenvalue weighted by Gasteiger charge is 2.10. The van der Waals surface area contributed by atoms with Gasteiger partial charge >= 0.3 is 0 Å². The molecule has 0 unspecified atom stereocenters. The van der Waals surface area contributed by atoms with Crippen molar-refractivity contribution in [3.05, 3.63) is 42.5 Å². The van der Waals surface area contributed by atoms with E-state index in [1.54, 1.807) is 23.1 Å². The number of unbranched alkanes of at least 4 members (excludes halogenated alkanes) is 1. The molecule has 0 amide bonds. The maximum Gasteiger partial charge on any atom is 0.232 e. The van der Waals surface area contributed by atoms with E-state index in [-0.39, 0.29) is 5.75 Å². The molecule has 6 nitrogen and oxygen atoms in total. The molecule has 0 aliphatic rings. The van der Waals surface area contributed by atoms with Gasteiger partial charge in [-0.2, -0.15) is 5.10 Å². The maximum atomic E-state index is 11.9. The number of aromatic nitrogens is 3. The first kappa shape index (κ1) is 15.8. The molecule has 1 aromatic heterocycles. The molecule has 1 N–H and O–H groups in total. The zero-order valence-corrected chi connectivity index (χ0v) is 13.0. The largest absolute Gasteiger partial charge is 0.284 e. The number of alkyl halides is 1. The lowest BCUT2D eigenvalue weighted by molar-refractivity contribution is 0.598. The van der Waals surface area contributed by atoms with Crippen molar-refractivity contribution in [2.45, 2.75) is 19.4 Å². The second kappa shape index (κ2) is 7.42. The molecule has 0 saturated heterocycles. The molecule has 114 valence electrons. The molecule has 21 heavy (non-hydrogen) atoms. The topological polar surface area (TPSA) is 76.9 Å². The zero-order valence-electron chi connectivity index (χ0n) is 11.4. The van der Waals surface area contributed by atoms with Crippen LogP contribution < -0.4 is 4.72 Å². The molecule has 2 rings (SSSR count). The summed E-state index contributed by atoms with van der Waals surface area (Å²) in [4.78, 5) is 3.87. The van der Waals surface area contributed by atoms with Crippen molar-refractivity contribution in [3.63, 3.8) is 0 Å². The smallest absolute Gasteiger partial charge is 0.232 e. The first-order chi connectivity index (χ1) is 10.1. The van der Waals surface area contributed by atoms with Crippen LogP contribution in [0.4, 0.5) is 5.69 Å². The fraction of sp³-hybridized carbons (Fsp3) is 0.385. The zero-order chi connectivity index (χ0) is 15.1. The highest BCUT2D eigenvalue weighted by molar-refractivity contribution is 7.92. The van der Waals surface area contributed by atoms with E-state index in [0.29, 0.717) is 31.0 Å². The maximum absolute atomic E-state index is 11.9. The van der Waals surface area contributed by atoms with Crippen LogP contribution in [0.3, 0.4) is 0 Å². The molecular weight excluding hydrogens is 312 g/mol. The van der Waals surface area contributed by atoms with Gasteiger partial charge in [0, 0.05) is 11.6 Å². The quantitative estimate of drug-likeness (QED) is 0.594. The highest BCUT2D eigenvalue weighted by Crippen LogP contribution is 2.14. The van der Waals surface area contributed by atoms with Gasteiger partial charge < -0.3 is 0 Å². The number of sulfonamides is 1. The minimum atomic E-state index is -3.33. The van der Waals surface area contributed by atoms with Crippen LogP contribution in [-0.2, 0) is 16.6 Å². The van der Waals surface area contributed by atoms with Gasteiger partial charge in [0.05, 0.1) is 12.3 Å². The summed E-state index contributed by atoms with van der Waals surface area (Å²) in [6.45, 7) is 0.543. The van der Waals surface area contributed by atoms with Crippen LogP contribution in [0.1, 0.15) is 18.4 Å². The third-order valence-corrected chi connectivity index (χ3v) is 4.45. The lowest BCUT2D eigenvalue weighted by atomic mass is 10.2. The molecule has 0 aliphatic carbocycles.